The third-order valence-corrected chi connectivity index (χ3v) is 5.16. The SMILES string of the molecule is O=c1ccc(-n2cncn2)nn1CC1CCN(c2nc3ccc(F)cc3o2)CC1. The first kappa shape index (κ1) is 17.5. The Labute approximate surface area is 164 Å². The Morgan fingerprint density at radius 1 is 1.17 bits per heavy atom. The lowest BCUT2D eigenvalue weighted by molar-refractivity contribution is 0.327. The summed E-state index contributed by atoms with van der Waals surface area (Å²) in [5, 5.41) is 8.46. The summed E-state index contributed by atoms with van der Waals surface area (Å²) in [6, 6.07) is 7.97. The molecule has 9 nitrogen and oxygen atoms in total. The molecule has 1 saturated heterocycles. The Morgan fingerprint density at radius 2 is 2.03 bits per heavy atom. The zero-order chi connectivity index (χ0) is 19.8. The van der Waals surface area contributed by atoms with Gasteiger partial charge in [-0.05, 0) is 37.0 Å². The quantitative estimate of drug-likeness (QED) is 0.522. The minimum Gasteiger partial charge on any atom is -0.423 e. The van der Waals surface area contributed by atoms with E-state index in [2.05, 4.69) is 25.1 Å². The first-order valence-corrected chi connectivity index (χ1v) is 9.40. The third kappa shape index (κ3) is 3.48. The Balaban J connectivity index is 1.27. The van der Waals surface area contributed by atoms with Gasteiger partial charge in [-0.1, -0.05) is 0 Å². The standard InChI is InChI=1S/C19H18FN7O2/c20-14-1-2-15-16(9-14)29-19(23-15)25-7-5-13(6-8-25)10-26-18(28)4-3-17(24-26)27-12-21-11-22-27/h1-4,9,11-13H,5-8,10H2. The fourth-order valence-corrected chi connectivity index (χ4v) is 3.59. The van der Waals surface area contributed by atoms with E-state index in [1.807, 2.05) is 0 Å². The molecule has 0 unspecified atom stereocenters. The van der Waals surface area contributed by atoms with Crippen molar-refractivity contribution >= 4 is 17.1 Å². The predicted molar refractivity (Wildman–Crippen MR) is 102 cm³/mol. The zero-order valence-corrected chi connectivity index (χ0v) is 15.5. The van der Waals surface area contributed by atoms with Gasteiger partial charge in [0.15, 0.2) is 11.4 Å². The maximum atomic E-state index is 13.4. The van der Waals surface area contributed by atoms with Crippen molar-refractivity contribution in [2.45, 2.75) is 19.4 Å². The molecule has 0 N–H and O–H groups in total. The highest BCUT2D eigenvalue weighted by molar-refractivity contribution is 5.74. The van der Waals surface area contributed by atoms with Crippen molar-refractivity contribution in [3.63, 3.8) is 0 Å². The van der Waals surface area contributed by atoms with Crippen LogP contribution in [-0.2, 0) is 6.54 Å². The van der Waals surface area contributed by atoms with Gasteiger partial charge < -0.3 is 9.32 Å². The molecule has 1 aliphatic heterocycles. The van der Waals surface area contributed by atoms with Crippen LogP contribution in [0.25, 0.3) is 16.9 Å². The summed E-state index contributed by atoms with van der Waals surface area (Å²) in [5.74, 6) is 0.521. The van der Waals surface area contributed by atoms with Crippen molar-refractivity contribution in [2.24, 2.45) is 5.92 Å². The topological polar surface area (TPSA) is 94.9 Å². The maximum Gasteiger partial charge on any atom is 0.298 e. The molecule has 3 aromatic heterocycles. The summed E-state index contributed by atoms with van der Waals surface area (Å²) in [4.78, 5) is 22.6. The minimum atomic E-state index is -0.343. The average molecular weight is 395 g/mol. The summed E-state index contributed by atoms with van der Waals surface area (Å²) < 4.78 is 22.1. The van der Waals surface area contributed by atoms with Gasteiger partial charge in [0, 0.05) is 31.8 Å². The number of anilines is 1. The second-order valence-corrected chi connectivity index (χ2v) is 7.09. The van der Waals surface area contributed by atoms with Crippen LogP contribution in [0.15, 0.2) is 52.2 Å². The molecule has 1 fully saturated rings. The number of hydrogen-bond acceptors (Lipinski definition) is 7. The lowest BCUT2D eigenvalue weighted by atomic mass is 9.97. The molecule has 0 radical (unpaired) electrons. The molecule has 0 saturated carbocycles. The fourth-order valence-electron chi connectivity index (χ4n) is 3.59. The maximum absolute atomic E-state index is 13.4. The van der Waals surface area contributed by atoms with Gasteiger partial charge in [0.25, 0.3) is 11.6 Å². The molecule has 29 heavy (non-hydrogen) atoms. The molecule has 148 valence electrons. The molecule has 1 aliphatic rings. The molecule has 5 rings (SSSR count). The molecule has 0 bridgehead atoms. The largest absolute Gasteiger partial charge is 0.423 e. The molecular weight excluding hydrogens is 377 g/mol. The number of halogens is 1. The number of oxazole rings is 1. The Morgan fingerprint density at radius 3 is 2.83 bits per heavy atom. The highest BCUT2D eigenvalue weighted by Gasteiger charge is 2.24. The molecule has 10 heteroatoms. The first-order chi connectivity index (χ1) is 14.2. The Kier molecular flexibility index (Phi) is 4.30. The van der Waals surface area contributed by atoms with E-state index in [0.717, 1.165) is 25.9 Å². The van der Waals surface area contributed by atoms with Gasteiger partial charge in [-0.2, -0.15) is 10.1 Å². The number of rotatable bonds is 4. The lowest BCUT2D eigenvalue weighted by Gasteiger charge is -2.30. The van der Waals surface area contributed by atoms with E-state index in [4.69, 9.17) is 4.42 Å². The van der Waals surface area contributed by atoms with Crippen LogP contribution < -0.4 is 10.5 Å². The summed E-state index contributed by atoms with van der Waals surface area (Å²) in [6.07, 6.45) is 4.71. The van der Waals surface area contributed by atoms with Crippen molar-refractivity contribution in [3.05, 3.63) is 59.2 Å². The number of piperidine rings is 1. The van der Waals surface area contributed by atoms with Crippen molar-refractivity contribution in [2.75, 3.05) is 18.0 Å². The van der Waals surface area contributed by atoms with Gasteiger partial charge in [-0.25, -0.2) is 18.7 Å². The van der Waals surface area contributed by atoms with Crippen molar-refractivity contribution in [1.29, 1.82) is 0 Å². The molecular formula is C19H18FN7O2. The molecule has 0 amide bonds. The van der Waals surface area contributed by atoms with Crippen LogP contribution in [0.5, 0.6) is 0 Å². The minimum absolute atomic E-state index is 0.141. The Hall–Kier alpha value is -3.56. The van der Waals surface area contributed by atoms with E-state index in [1.165, 1.54) is 33.9 Å². The number of fused-ring (bicyclic) bond motifs is 1. The van der Waals surface area contributed by atoms with E-state index in [0.29, 0.717) is 35.4 Å². The average Bonchev–Trinajstić information content (AvgIpc) is 3.40. The van der Waals surface area contributed by atoms with Crippen LogP contribution in [-0.4, -0.2) is 42.6 Å². The van der Waals surface area contributed by atoms with Gasteiger partial charge in [-0.3, -0.25) is 4.79 Å². The van der Waals surface area contributed by atoms with E-state index in [-0.39, 0.29) is 11.4 Å². The van der Waals surface area contributed by atoms with E-state index >= 15 is 0 Å². The highest BCUT2D eigenvalue weighted by atomic mass is 19.1. The third-order valence-electron chi connectivity index (χ3n) is 5.16. The van der Waals surface area contributed by atoms with E-state index < -0.39 is 0 Å². The van der Waals surface area contributed by atoms with E-state index in [9.17, 15) is 9.18 Å². The monoisotopic (exact) mass is 395 g/mol. The molecule has 4 heterocycles. The van der Waals surface area contributed by atoms with E-state index in [1.54, 1.807) is 18.5 Å². The molecule has 0 aliphatic carbocycles. The van der Waals surface area contributed by atoms with Gasteiger partial charge >= 0.3 is 0 Å². The Bertz CT molecular complexity index is 1190. The molecule has 1 aromatic carbocycles. The zero-order valence-electron chi connectivity index (χ0n) is 15.5. The fraction of sp³-hybridized carbons (Fsp3) is 0.316. The summed E-state index contributed by atoms with van der Waals surface area (Å²) in [5.41, 5.74) is 0.948. The van der Waals surface area contributed by atoms with Crippen molar-refractivity contribution in [3.8, 4) is 5.82 Å². The summed E-state index contributed by atoms with van der Waals surface area (Å²) in [6.45, 7) is 2.03. The number of benzene rings is 1. The second-order valence-electron chi connectivity index (χ2n) is 7.09. The van der Waals surface area contributed by atoms with Gasteiger partial charge in [0.2, 0.25) is 0 Å². The van der Waals surface area contributed by atoms with Crippen molar-refractivity contribution < 1.29 is 8.81 Å². The molecule has 0 atom stereocenters. The van der Waals surface area contributed by atoms with Crippen LogP contribution in [0.3, 0.4) is 0 Å². The van der Waals surface area contributed by atoms with Gasteiger partial charge in [0.1, 0.15) is 24.0 Å². The normalized spacial score (nSPS) is 15.3. The van der Waals surface area contributed by atoms with Crippen LogP contribution in [0.2, 0.25) is 0 Å². The van der Waals surface area contributed by atoms with Crippen LogP contribution in [0.1, 0.15) is 12.8 Å². The molecule has 0 spiro atoms. The molecule has 4 aromatic rings. The smallest absolute Gasteiger partial charge is 0.298 e. The van der Waals surface area contributed by atoms with Gasteiger partial charge in [-0.15, -0.1) is 5.10 Å². The number of aromatic nitrogens is 6. The number of hydrogen-bond donors (Lipinski definition) is 0. The highest BCUT2D eigenvalue weighted by Crippen LogP contribution is 2.27. The van der Waals surface area contributed by atoms with Crippen LogP contribution in [0.4, 0.5) is 10.4 Å². The second kappa shape index (κ2) is 7.12. The van der Waals surface area contributed by atoms with Crippen LogP contribution >= 0.6 is 0 Å². The predicted octanol–water partition coefficient (Wildman–Crippen LogP) is 2.02. The van der Waals surface area contributed by atoms with Gasteiger partial charge in [0.05, 0.1) is 0 Å². The number of nitrogens with zero attached hydrogens (tertiary/aromatic N) is 7. The summed E-state index contributed by atoms with van der Waals surface area (Å²) in [7, 11) is 0. The first-order valence-electron chi connectivity index (χ1n) is 9.40. The van der Waals surface area contributed by atoms with Crippen LogP contribution in [0, 0.1) is 11.7 Å². The summed E-state index contributed by atoms with van der Waals surface area (Å²) >= 11 is 0. The van der Waals surface area contributed by atoms with Crippen molar-refractivity contribution in [1.82, 2.24) is 29.5 Å². The lowest BCUT2D eigenvalue weighted by Crippen LogP contribution is -2.37.